The smallest absolute Gasteiger partial charge is 0.230 e. The first-order chi connectivity index (χ1) is 12.0. The van der Waals surface area contributed by atoms with E-state index in [1.807, 2.05) is 18.3 Å². The normalized spacial score (nSPS) is 11.5. The van der Waals surface area contributed by atoms with E-state index in [2.05, 4.69) is 39.0 Å². The second-order valence-electron chi connectivity index (χ2n) is 5.82. The van der Waals surface area contributed by atoms with Crippen molar-refractivity contribution in [2.24, 2.45) is 0 Å². The largest absolute Gasteiger partial charge is 0.368 e. The zero-order chi connectivity index (χ0) is 18.0. The van der Waals surface area contributed by atoms with Gasteiger partial charge in [-0.05, 0) is 18.1 Å². The van der Waals surface area contributed by atoms with Crippen molar-refractivity contribution in [2.45, 2.75) is 13.3 Å². The predicted octanol–water partition coefficient (Wildman–Crippen LogP) is 2.63. The number of hydrogen-bond donors (Lipinski definition) is 2. The SMILES string of the molecule is CCc1cccc2c(/C=C(\C#N)c3nc(N)nc(N(C)C)n3)c[nH]c12. The summed E-state index contributed by atoms with van der Waals surface area (Å²) in [5.74, 6) is 0.762. The van der Waals surface area contributed by atoms with Gasteiger partial charge in [0.1, 0.15) is 6.07 Å². The Balaban J connectivity index is 2.13. The zero-order valence-corrected chi connectivity index (χ0v) is 14.4. The third-order valence-corrected chi connectivity index (χ3v) is 3.92. The molecule has 0 aliphatic rings. The van der Waals surface area contributed by atoms with Gasteiger partial charge in [0.2, 0.25) is 11.9 Å². The molecule has 0 aliphatic carbocycles. The van der Waals surface area contributed by atoms with E-state index in [9.17, 15) is 5.26 Å². The van der Waals surface area contributed by atoms with Crippen LogP contribution < -0.4 is 10.6 Å². The molecular formula is C18H19N7. The number of nitriles is 1. The number of benzene rings is 1. The maximum Gasteiger partial charge on any atom is 0.230 e. The molecule has 3 aromatic rings. The van der Waals surface area contributed by atoms with Gasteiger partial charge in [0, 0.05) is 36.8 Å². The molecular weight excluding hydrogens is 314 g/mol. The lowest BCUT2D eigenvalue weighted by Crippen LogP contribution is -2.15. The van der Waals surface area contributed by atoms with Crippen molar-refractivity contribution in [3.8, 4) is 6.07 Å². The first-order valence-electron chi connectivity index (χ1n) is 7.93. The van der Waals surface area contributed by atoms with Gasteiger partial charge in [-0.2, -0.15) is 20.2 Å². The number of nitrogens with one attached hydrogen (secondary N) is 1. The van der Waals surface area contributed by atoms with Crippen LogP contribution in [-0.2, 0) is 6.42 Å². The summed E-state index contributed by atoms with van der Waals surface area (Å²) in [6.07, 6.45) is 4.59. The van der Waals surface area contributed by atoms with Crippen molar-refractivity contribution in [3.05, 3.63) is 41.3 Å². The molecule has 2 heterocycles. The van der Waals surface area contributed by atoms with Gasteiger partial charge in [0.25, 0.3) is 0 Å². The molecule has 126 valence electrons. The van der Waals surface area contributed by atoms with Crippen molar-refractivity contribution in [2.75, 3.05) is 24.7 Å². The van der Waals surface area contributed by atoms with E-state index < -0.39 is 0 Å². The molecule has 7 nitrogen and oxygen atoms in total. The van der Waals surface area contributed by atoms with Gasteiger partial charge < -0.3 is 15.6 Å². The predicted molar refractivity (Wildman–Crippen MR) is 99.7 cm³/mol. The Hall–Kier alpha value is -3.40. The van der Waals surface area contributed by atoms with Crippen molar-refractivity contribution in [3.63, 3.8) is 0 Å². The van der Waals surface area contributed by atoms with E-state index in [4.69, 9.17) is 5.73 Å². The van der Waals surface area contributed by atoms with Gasteiger partial charge in [-0.15, -0.1) is 0 Å². The number of aryl methyl sites for hydroxylation is 1. The highest BCUT2D eigenvalue weighted by Crippen LogP contribution is 2.26. The Bertz CT molecular complexity index is 992. The maximum atomic E-state index is 9.59. The van der Waals surface area contributed by atoms with Crippen molar-refractivity contribution in [1.29, 1.82) is 5.26 Å². The minimum absolute atomic E-state index is 0.0852. The molecule has 0 radical (unpaired) electrons. The highest BCUT2D eigenvalue weighted by atomic mass is 15.3. The van der Waals surface area contributed by atoms with Gasteiger partial charge in [-0.3, -0.25) is 0 Å². The number of nitrogens with zero attached hydrogens (tertiary/aromatic N) is 5. The average molecular weight is 333 g/mol. The van der Waals surface area contributed by atoms with Gasteiger partial charge >= 0.3 is 0 Å². The second-order valence-corrected chi connectivity index (χ2v) is 5.82. The van der Waals surface area contributed by atoms with Crippen LogP contribution in [0.15, 0.2) is 24.4 Å². The fraction of sp³-hybridized carbons (Fsp3) is 0.222. The molecule has 3 rings (SSSR count). The van der Waals surface area contributed by atoms with Crippen LogP contribution in [0.3, 0.4) is 0 Å². The number of nitrogens with two attached hydrogens (primary N) is 1. The number of aromatic nitrogens is 4. The first kappa shape index (κ1) is 16.5. The van der Waals surface area contributed by atoms with Crippen LogP contribution in [0.5, 0.6) is 0 Å². The van der Waals surface area contributed by atoms with Crippen LogP contribution >= 0.6 is 0 Å². The molecule has 3 N–H and O–H groups in total. The molecule has 0 fully saturated rings. The average Bonchev–Trinajstić information content (AvgIpc) is 3.02. The molecule has 0 atom stereocenters. The summed E-state index contributed by atoms with van der Waals surface area (Å²) < 4.78 is 0. The first-order valence-corrected chi connectivity index (χ1v) is 7.93. The summed E-state index contributed by atoms with van der Waals surface area (Å²) in [7, 11) is 3.61. The molecule has 0 aliphatic heterocycles. The fourth-order valence-corrected chi connectivity index (χ4v) is 2.66. The lowest BCUT2D eigenvalue weighted by Gasteiger charge is -2.10. The lowest BCUT2D eigenvalue weighted by molar-refractivity contribution is 0.952. The van der Waals surface area contributed by atoms with Crippen LogP contribution in [0.2, 0.25) is 0 Å². The molecule has 0 bridgehead atoms. The highest BCUT2D eigenvalue weighted by molar-refractivity contribution is 5.97. The molecule has 7 heteroatoms. The van der Waals surface area contributed by atoms with E-state index in [0.717, 1.165) is 22.9 Å². The summed E-state index contributed by atoms with van der Waals surface area (Å²) >= 11 is 0. The Morgan fingerprint density at radius 1 is 1.32 bits per heavy atom. The molecule has 2 aromatic heterocycles. The molecule has 0 amide bonds. The maximum absolute atomic E-state index is 9.59. The molecule has 1 aromatic carbocycles. The van der Waals surface area contributed by atoms with E-state index in [0.29, 0.717) is 11.5 Å². The highest BCUT2D eigenvalue weighted by Gasteiger charge is 2.12. The standard InChI is InChI=1S/C18H19N7/c1-4-11-6-5-7-14-13(10-21-15(11)14)8-12(9-19)16-22-17(20)24-18(23-16)25(2)3/h5-8,10,21H,4H2,1-3H3,(H2,20,22,23,24)/b12-8+. The van der Waals surface area contributed by atoms with E-state index in [1.165, 1.54) is 5.56 Å². The summed E-state index contributed by atoms with van der Waals surface area (Å²) in [4.78, 5) is 17.5. The number of rotatable bonds is 4. The Kier molecular flexibility index (Phi) is 4.35. The van der Waals surface area contributed by atoms with Gasteiger partial charge in [-0.1, -0.05) is 25.1 Å². The molecule has 0 unspecified atom stereocenters. The third-order valence-electron chi connectivity index (χ3n) is 3.92. The Morgan fingerprint density at radius 2 is 2.12 bits per heavy atom. The fourth-order valence-electron chi connectivity index (χ4n) is 2.66. The topological polar surface area (TPSA) is 108 Å². The van der Waals surface area contributed by atoms with E-state index in [-0.39, 0.29) is 11.8 Å². The van der Waals surface area contributed by atoms with Gasteiger partial charge in [0.05, 0.1) is 5.57 Å². The Labute approximate surface area is 145 Å². The molecule has 0 saturated heterocycles. The number of allylic oxidation sites excluding steroid dienone is 1. The zero-order valence-electron chi connectivity index (χ0n) is 14.4. The number of para-hydroxylation sites is 1. The van der Waals surface area contributed by atoms with Gasteiger partial charge in [0.15, 0.2) is 5.82 Å². The van der Waals surface area contributed by atoms with Crippen molar-refractivity contribution >= 4 is 34.4 Å². The van der Waals surface area contributed by atoms with Crippen LogP contribution in [0.4, 0.5) is 11.9 Å². The summed E-state index contributed by atoms with van der Waals surface area (Å²) in [6.45, 7) is 2.11. The summed E-state index contributed by atoms with van der Waals surface area (Å²) in [6, 6.07) is 8.30. The third kappa shape index (κ3) is 3.15. The number of fused-ring (bicyclic) bond motifs is 1. The van der Waals surface area contributed by atoms with Crippen LogP contribution in [0.25, 0.3) is 22.6 Å². The summed E-state index contributed by atoms with van der Waals surface area (Å²) in [5, 5.41) is 10.6. The van der Waals surface area contributed by atoms with E-state index >= 15 is 0 Å². The Morgan fingerprint density at radius 3 is 2.80 bits per heavy atom. The number of hydrogen-bond acceptors (Lipinski definition) is 6. The quantitative estimate of drug-likeness (QED) is 0.711. The molecule has 0 saturated carbocycles. The minimum Gasteiger partial charge on any atom is -0.368 e. The molecule has 25 heavy (non-hydrogen) atoms. The molecule has 0 spiro atoms. The number of aromatic amines is 1. The van der Waals surface area contributed by atoms with E-state index in [1.54, 1.807) is 25.1 Å². The number of nitrogen functional groups attached to an aromatic ring is 1. The second kappa shape index (κ2) is 6.61. The van der Waals surface area contributed by atoms with Crippen molar-refractivity contribution < 1.29 is 0 Å². The van der Waals surface area contributed by atoms with Crippen molar-refractivity contribution in [1.82, 2.24) is 19.9 Å². The number of H-pyrrole nitrogens is 1. The van der Waals surface area contributed by atoms with Gasteiger partial charge in [-0.25, -0.2) is 0 Å². The summed E-state index contributed by atoms with van der Waals surface area (Å²) in [5.41, 5.74) is 9.32. The van der Waals surface area contributed by atoms with Crippen LogP contribution in [0.1, 0.15) is 23.9 Å². The lowest BCUT2D eigenvalue weighted by atomic mass is 10.1. The minimum atomic E-state index is 0.0852. The number of anilines is 2. The van der Waals surface area contributed by atoms with Crippen LogP contribution in [0, 0.1) is 11.3 Å². The monoisotopic (exact) mass is 333 g/mol. The van der Waals surface area contributed by atoms with Crippen LogP contribution in [-0.4, -0.2) is 34.0 Å².